The third-order valence-electron chi connectivity index (χ3n) is 4.40. The van der Waals surface area contributed by atoms with Crippen LogP contribution in [0.4, 0.5) is 0 Å². The number of nitrogens with one attached hydrogen (secondary N) is 2. The molecule has 0 bridgehead atoms. The van der Waals surface area contributed by atoms with Gasteiger partial charge in [-0.2, -0.15) is 0 Å². The van der Waals surface area contributed by atoms with Crippen molar-refractivity contribution in [3.05, 3.63) is 25.3 Å². The predicted molar refractivity (Wildman–Crippen MR) is 116 cm³/mol. The first-order chi connectivity index (χ1) is 14.3. The maximum Gasteiger partial charge on any atom is 0.305 e. The number of rotatable bonds is 18. The number of amides is 2. The highest BCUT2D eigenvalue weighted by atomic mass is 16.5. The second-order valence-corrected chi connectivity index (χ2v) is 7.33. The predicted octanol–water partition coefficient (Wildman–Crippen LogP) is 1.73. The molecule has 0 spiro atoms. The molecule has 0 aromatic heterocycles. The van der Waals surface area contributed by atoms with Gasteiger partial charge >= 0.3 is 5.97 Å². The zero-order valence-electron chi connectivity index (χ0n) is 18.4. The maximum atomic E-state index is 12.7. The third-order valence-corrected chi connectivity index (χ3v) is 4.40. The lowest BCUT2D eigenvalue weighted by Gasteiger charge is -2.25. The topological polar surface area (TPSA) is 114 Å². The van der Waals surface area contributed by atoms with E-state index in [0.29, 0.717) is 25.8 Å². The molecule has 2 amide bonds. The fraction of sp³-hybridized carbons (Fsp3) is 0.682. The van der Waals surface area contributed by atoms with Gasteiger partial charge in [0, 0.05) is 19.4 Å². The van der Waals surface area contributed by atoms with Crippen molar-refractivity contribution >= 4 is 17.8 Å². The highest BCUT2D eigenvalue weighted by Crippen LogP contribution is 2.12. The summed E-state index contributed by atoms with van der Waals surface area (Å²) < 4.78 is 10.4. The average molecular weight is 427 g/mol. The van der Waals surface area contributed by atoms with Gasteiger partial charge < -0.3 is 25.2 Å². The van der Waals surface area contributed by atoms with E-state index in [0.717, 1.165) is 6.42 Å². The molecule has 0 unspecified atom stereocenters. The van der Waals surface area contributed by atoms with Crippen LogP contribution in [0.25, 0.3) is 0 Å². The first kappa shape index (κ1) is 27.8. The number of esters is 1. The molecule has 8 nitrogen and oxygen atoms in total. The van der Waals surface area contributed by atoms with Crippen molar-refractivity contribution in [1.29, 1.82) is 0 Å². The van der Waals surface area contributed by atoms with Gasteiger partial charge in [-0.15, -0.1) is 13.2 Å². The van der Waals surface area contributed by atoms with E-state index in [-0.39, 0.29) is 62.6 Å². The highest BCUT2D eigenvalue weighted by Gasteiger charge is 2.25. The van der Waals surface area contributed by atoms with Gasteiger partial charge in [-0.3, -0.25) is 14.4 Å². The number of hydrogen-bond donors (Lipinski definition) is 3. The van der Waals surface area contributed by atoms with Gasteiger partial charge in [-0.05, 0) is 25.2 Å². The fourth-order valence-electron chi connectivity index (χ4n) is 2.56. The second kappa shape index (κ2) is 17.7. The van der Waals surface area contributed by atoms with E-state index in [1.807, 2.05) is 13.8 Å². The van der Waals surface area contributed by atoms with Crippen LogP contribution in [0.5, 0.6) is 0 Å². The Kier molecular flexibility index (Phi) is 16.4. The number of aliphatic hydroxyl groups is 1. The minimum Gasteiger partial charge on any atom is -0.463 e. The number of allylic oxidation sites excluding steroid dienone is 2. The highest BCUT2D eigenvalue weighted by molar-refractivity contribution is 5.86. The van der Waals surface area contributed by atoms with Gasteiger partial charge in [0.15, 0.2) is 0 Å². The Morgan fingerprint density at radius 3 is 2.47 bits per heavy atom. The minimum absolute atomic E-state index is 0.0179. The molecule has 0 saturated heterocycles. The molecule has 0 aliphatic carbocycles. The Bertz CT molecular complexity index is 536. The molecular weight excluding hydrogens is 388 g/mol. The van der Waals surface area contributed by atoms with Crippen LogP contribution in [0.2, 0.25) is 0 Å². The second-order valence-electron chi connectivity index (χ2n) is 7.33. The summed E-state index contributed by atoms with van der Waals surface area (Å²) in [5.41, 5.74) is 0. The Hall–Kier alpha value is -2.19. The Morgan fingerprint density at radius 1 is 1.13 bits per heavy atom. The Balaban J connectivity index is 4.59. The Morgan fingerprint density at radius 2 is 1.87 bits per heavy atom. The molecule has 30 heavy (non-hydrogen) atoms. The molecule has 0 radical (unpaired) electrons. The standard InChI is InChI=1S/C22H38N2O6/c1-5-7-8-10-21(27)30-16-19(17(3)4)24-22(28)18(9-6-2)15-20(26)23-11-13-29-14-12-25/h5-6,17-19,25H,1-2,7-16H2,3-4H3,(H,23,26)(H,24,28)/t18-,19+/m0/s1. The number of ether oxygens (including phenoxy) is 2. The van der Waals surface area contributed by atoms with E-state index >= 15 is 0 Å². The van der Waals surface area contributed by atoms with Gasteiger partial charge in [0.25, 0.3) is 0 Å². The van der Waals surface area contributed by atoms with Crippen LogP contribution in [0, 0.1) is 11.8 Å². The molecule has 0 fully saturated rings. The van der Waals surface area contributed by atoms with Crippen molar-refractivity contribution < 1.29 is 29.0 Å². The van der Waals surface area contributed by atoms with Gasteiger partial charge in [0.1, 0.15) is 6.61 Å². The number of aliphatic hydroxyl groups excluding tert-OH is 1. The summed E-state index contributed by atoms with van der Waals surface area (Å²) in [7, 11) is 0. The molecule has 2 atom stereocenters. The first-order valence-corrected chi connectivity index (χ1v) is 10.5. The largest absolute Gasteiger partial charge is 0.463 e. The van der Waals surface area contributed by atoms with Gasteiger partial charge in [-0.1, -0.05) is 26.0 Å². The number of unbranched alkanes of at least 4 members (excludes halogenated alkanes) is 1. The van der Waals surface area contributed by atoms with Gasteiger partial charge in [-0.25, -0.2) is 0 Å². The summed E-state index contributed by atoms with van der Waals surface area (Å²) in [6.45, 7) is 12.0. The summed E-state index contributed by atoms with van der Waals surface area (Å²) >= 11 is 0. The van der Waals surface area contributed by atoms with Crippen LogP contribution in [-0.4, -0.2) is 61.9 Å². The van der Waals surface area contributed by atoms with E-state index in [2.05, 4.69) is 23.8 Å². The molecule has 0 saturated carbocycles. The van der Waals surface area contributed by atoms with Gasteiger partial charge in [0.2, 0.25) is 11.8 Å². The van der Waals surface area contributed by atoms with Crippen molar-refractivity contribution in [3.63, 3.8) is 0 Å². The van der Waals surface area contributed by atoms with Gasteiger partial charge in [0.05, 0.1) is 31.8 Å². The molecule has 3 N–H and O–H groups in total. The summed E-state index contributed by atoms with van der Waals surface area (Å²) in [5.74, 6) is -1.35. The average Bonchev–Trinajstić information content (AvgIpc) is 2.70. The van der Waals surface area contributed by atoms with Crippen LogP contribution in [0.15, 0.2) is 25.3 Å². The molecule has 0 aliphatic rings. The molecule has 8 heteroatoms. The number of carbonyl (C=O) groups excluding carboxylic acids is 3. The van der Waals surface area contributed by atoms with Crippen LogP contribution in [0.3, 0.4) is 0 Å². The van der Waals surface area contributed by atoms with Crippen LogP contribution >= 0.6 is 0 Å². The lowest BCUT2D eigenvalue weighted by molar-refractivity contribution is -0.145. The molecule has 0 rings (SSSR count). The zero-order valence-corrected chi connectivity index (χ0v) is 18.4. The van der Waals surface area contributed by atoms with E-state index in [9.17, 15) is 14.4 Å². The van der Waals surface area contributed by atoms with Crippen molar-refractivity contribution in [2.75, 3.05) is 33.0 Å². The number of carbonyl (C=O) groups is 3. The normalized spacial score (nSPS) is 12.7. The third kappa shape index (κ3) is 13.9. The van der Waals surface area contributed by atoms with E-state index in [4.69, 9.17) is 14.6 Å². The van der Waals surface area contributed by atoms with E-state index in [1.165, 1.54) is 0 Å². The SMILES string of the molecule is C=CCCCC(=O)OC[C@@H](NC(=O)[C@@H](CC=C)CC(=O)NCCOCCO)C(C)C. The minimum atomic E-state index is -0.564. The zero-order chi connectivity index (χ0) is 22.8. The van der Waals surface area contributed by atoms with E-state index < -0.39 is 5.92 Å². The van der Waals surface area contributed by atoms with Crippen molar-refractivity contribution in [1.82, 2.24) is 10.6 Å². The quantitative estimate of drug-likeness (QED) is 0.175. The van der Waals surface area contributed by atoms with Crippen molar-refractivity contribution in [3.8, 4) is 0 Å². The Labute approximate surface area is 180 Å². The summed E-state index contributed by atoms with van der Waals surface area (Å²) in [4.78, 5) is 36.6. The summed E-state index contributed by atoms with van der Waals surface area (Å²) in [6, 6.07) is -0.344. The van der Waals surface area contributed by atoms with Crippen LogP contribution in [-0.2, 0) is 23.9 Å². The molecule has 0 aromatic rings. The maximum absolute atomic E-state index is 12.7. The molecule has 0 aromatic carbocycles. The molecule has 172 valence electrons. The molecule has 0 heterocycles. The lowest BCUT2D eigenvalue weighted by Crippen LogP contribution is -2.45. The first-order valence-electron chi connectivity index (χ1n) is 10.5. The monoisotopic (exact) mass is 426 g/mol. The molecule has 0 aliphatic heterocycles. The van der Waals surface area contributed by atoms with Crippen molar-refractivity contribution in [2.24, 2.45) is 11.8 Å². The molecular formula is C22H38N2O6. The summed E-state index contributed by atoms with van der Waals surface area (Å²) in [6.07, 6.45) is 5.47. The summed E-state index contributed by atoms with van der Waals surface area (Å²) in [5, 5.41) is 14.2. The van der Waals surface area contributed by atoms with Crippen LogP contribution < -0.4 is 10.6 Å². The smallest absolute Gasteiger partial charge is 0.305 e. The van der Waals surface area contributed by atoms with E-state index in [1.54, 1.807) is 12.2 Å². The van der Waals surface area contributed by atoms with Crippen LogP contribution in [0.1, 0.15) is 46.0 Å². The lowest BCUT2D eigenvalue weighted by atomic mass is 9.97. The number of hydrogen-bond acceptors (Lipinski definition) is 6. The van der Waals surface area contributed by atoms with Crippen molar-refractivity contribution in [2.45, 2.75) is 52.0 Å². The fourth-order valence-corrected chi connectivity index (χ4v) is 2.56.